The molecule has 26 heavy (non-hydrogen) atoms. The van der Waals surface area contributed by atoms with Crippen LogP contribution in [-0.2, 0) is 11.8 Å². The van der Waals surface area contributed by atoms with E-state index < -0.39 is 0 Å². The largest absolute Gasteiger partial charge is 0.310 e. The minimum Gasteiger partial charge on any atom is -0.310 e. The number of aromatic nitrogens is 3. The molecule has 140 valence electrons. The predicted molar refractivity (Wildman–Crippen MR) is 102 cm³/mol. The number of rotatable bonds is 6. The van der Waals surface area contributed by atoms with E-state index in [-0.39, 0.29) is 5.91 Å². The van der Waals surface area contributed by atoms with Gasteiger partial charge in [-0.15, -0.1) is 0 Å². The second-order valence-corrected chi connectivity index (χ2v) is 7.30. The molecule has 7 heteroatoms. The molecule has 0 unspecified atom stereocenters. The van der Waals surface area contributed by atoms with Gasteiger partial charge in [-0.3, -0.25) is 24.3 Å². The molecule has 2 atom stereocenters. The Morgan fingerprint density at radius 3 is 2.88 bits per heavy atom. The van der Waals surface area contributed by atoms with Crippen molar-refractivity contribution < 1.29 is 4.79 Å². The smallest absolute Gasteiger partial charge is 0.239 e. The number of amides is 1. The van der Waals surface area contributed by atoms with Crippen molar-refractivity contribution in [1.29, 1.82) is 0 Å². The first kappa shape index (κ1) is 18.5. The number of likely N-dealkylation sites (N-methyl/N-ethyl adjacent to an activating group) is 1. The zero-order valence-corrected chi connectivity index (χ0v) is 16.0. The minimum absolute atomic E-state index is 0.0141. The molecular formula is C19H28N6O. The number of pyridine rings is 1. The van der Waals surface area contributed by atoms with Crippen molar-refractivity contribution in [3.8, 4) is 0 Å². The number of carbonyl (C=O) groups excluding carboxylic acids is 1. The Morgan fingerprint density at radius 2 is 2.23 bits per heavy atom. The van der Waals surface area contributed by atoms with E-state index in [1.165, 1.54) is 5.56 Å². The maximum Gasteiger partial charge on any atom is 0.239 e. The van der Waals surface area contributed by atoms with E-state index in [0.29, 0.717) is 18.5 Å². The average Bonchev–Trinajstić information content (AvgIpc) is 3.09. The number of nitrogens with one attached hydrogen (secondary N) is 1. The van der Waals surface area contributed by atoms with Crippen molar-refractivity contribution in [3.63, 3.8) is 0 Å². The highest BCUT2D eigenvalue weighted by Gasteiger charge is 2.33. The summed E-state index contributed by atoms with van der Waals surface area (Å²) in [4.78, 5) is 21.1. The number of aryl methyl sites for hydroxylation is 2. The summed E-state index contributed by atoms with van der Waals surface area (Å²) in [5, 5.41) is 7.19. The second kappa shape index (κ2) is 7.97. The van der Waals surface area contributed by atoms with Crippen LogP contribution in [0.25, 0.3) is 0 Å². The Bertz CT molecular complexity index is 744. The van der Waals surface area contributed by atoms with E-state index in [0.717, 1.165) is 31.0 Å². The van der Waals surface area contributed by atoms with Gasteiger partial charge in [0.2, 0.25) is 5.91 Å². The monoisotopic (exact) mass is 356 g/mol. The molecule has 1 saturated heterocycles. The molecular weight excluding hydrogens is 328 g/mol. The first-order valence-electron chi connectivity index (χ1n) is 9.03. The highest BCUT2D eigenvalue weighted by molar-refractivity contribution is 5.91. The van der Waals surface area contributed by atoms with E-state index in [9.17, 15) is 4.79 Å². The molecule has 1 aliphatic heterocycles. The first-order valence-corrected chi connectivity index (χ1v) is 9.03. The van der Waals surface area contributed by atoms with Gasteiger partial charge in [0.25, 0.3) is 0 Å². The van der Waals surface area contributed by atoms with Gasteiger partial charge in [0.15, 0.2) is 0 Å². The fourth-order valence-electron chi connectivity index (χ4n) is 3.92. The Labute approximate surface area is 155 Å². The third-order valence-electron chi connectivity index (χ3n) is 5.03. The summed E-state index contributed by atoms with van der Waals surface area (Å²) in [6.07, 6.45) is 4.89. The lowest BCUT2D eigenvalue weighted by atomic mass is 9.94. The summed E-state index contributed by atoms with van der Waals surface area (Å²) in [6, 6.07) is 6.37. The van der Waals surface area contributed by atoms with Crippen LogP contribution in [0.4, 0.5) is 5.82 Å². The van der Waals surface area contributed by atoms with Crippen LogP contribution in [0.5, 0.6) is 0 Å². The standard InChI is InChI=1S/C19H28N6O/c1-14-10-17(25(4)22-14)21-18(26)13-23(2)12-16-7-9-24(3)19(16)15-6-5-8-20-11-15/h5-6,8,10-11,16,19H,7,9,12-13H2,1-4H3,(H,21,26)/t16-,19-/m0/s1. The van der Waals surface area contributed by atoms with Gasteiger partial charge < -0.3 is 5.32 Å². The van der Waals surface area contributed by atoms with Crippen LogP contribution in [0, 0.1) is 12.8 Å². The Morgan fingerprint density at radius 1 is 1.42 bits per heavy atom. The van der Waals surface area contributed by atoms with E-state index in [4.69, 9.17) is 0 Å². The Balaban J connectivity index is 1.57. The molecule has 1 fully saturated rings. The molecule has 0 aromatic carbocycles. The molecule has 7 nitrogen and oxygen atoms in total. The van der Waals surface area contributed by atoms with Gasteiger partial charge >= 0.3 is 0 Å². The van der Waals surface area contributed by atoms with Crippen LogP contribution in [0.2, 0.25) is 0 Å². The van der Waals surface area contributed by atoms with E-state index in [2.05, 4.69) is 38.3 Å². The molecule has 1 amide bonds. The predicted octanol–water partition coefficient (Wildman–Crippen LogP) is 1.69. The zero-order valence-electron chi connectivity index (χ0n) is 16.0. The topological polar surface area (TPSA) is 66.3 Å². The normalized spacial score (nSPS) is 20.7. The molecule has 3 heterocycles. The Hall–Kier alpha value is -2.25. The van der Waals surface area contributed by atoms with Crippen molar-refractivity contribution in [2.24, 2.45) is 13.0 Å². The van der Waals surface area contributed by atoms with Gasteiger partial charge in [-0.05, 0) is 51.5 Å². The van der Waals surface area contributed by atoms with Crippen LogP contribution in [0.1, 0.15) is 23.7 Å². The zero-order chi connectivity index (χ0) is 18.7. The molecule has 3 rings (SSSR count). The molecule has 0 bridgehead atoms. The second-order valence-electron chi connectivity index (χ2n) is 7.30. The van der Waals surface area contributed by atoms with Crippen LogP contribution < -0.4 is 5.32 Å². The molecule has 1 aliphatic rings. The Kier molecular flexibility index (Phi) is 5.68. The van der Waals surface area contributed by atoms with E-state index in [1.54, 1.807) is 4.68 Å². The van der Waals surface area contributed by atoms with Crippen LogP contribution in [-0.4, -0.2) is 64.2 Å². The quantitative estimate of drug-likeness (QED) is 0.853. The minimum atomic E-state index is -0.0141. The van der Waals surface area contributed by atoms with Gasteiger partial charge in [-0.25, -0.2) is 0 Å². The molecule has 0 aliphatic carbocycles. The van der Waals surface area contributed by atoms with Gasteiger partial charge in [0.05, 0.1) is 12.2 Å². The highest BCUT2D eigenvalue weighted by Crippen LogP contribution is 2.35. The molecule has 1 N–H and O–H groups in total. The van der Waals surface area contributed by atoms with E-state index in [1.807, 2.05) is 45.5 Å². The number of nitrogens with zero attached hydrogens (tertiary/aromatic N) is 5. The highest BCUT2D eigenvalue weighted by atomic mass is 16.2. The summed E-state index contributed by atoms with van der Waals surface area (Å²) in [7, 11) is 6.00. The summed E-state index contributed by atoms with van der Waals surface area (Å²) in [5.41, 5.74) is 2.14. The molecule has 2 aromatic heterocycles. The van der Waals surface area contributed by atoms with Crippen LogP contribution in [0.15, 0.2) is 30.6 Å². The molecule has 2 aromatic rings. The average molecular weight is 356 g/mol. The summed E-state index contributed by atoms with van der Waals surface area (Å²) in [5.74, 6) is 1.20. The van der Waals surface area contributed by atoms with Gasteiger partial charge in [-0.1, -0.05) is 6.07 Å². The first-order chi connectivity index (χ1) is 12.4. The molecule has 0 saturated carbocycles. The lowest BCUT2D eigenvalue weighted by Gasteiger charge is -2.28. The number of carbonyl (C=O) groups is 1. The fraction of sp³-hybridized carbons (Fsp3) is 0.526. The summed E-state index contributed by atoms with van der Waals surface area (Å²) >= 11 is 0. The third-order valence-corrected chi connectivity index (χ3v) is 5.03. The molecule has 0 radical (unpaired) electrons. The van der Waals surface area contributed by atoms with E-state index >= 15 is 0 Å². The summed E-state index contributed by atoms with van der Waals surface area (Å²) in [6.45, 7) is 4.22. The van der Waals surface area contributed by atoms with Crippen molar-refractivity contribution in [2.75, 3.05) is 39.0 Å². The number of likely N-dealkylation sites (tertiary alicyclic amines) is 1. The van der Waals surface area contributed by atoms with Crippen LogP contribution in [0.3, 0.4) is 0 Å². The number of hydrogen-bond donors (Lipinski definition) is 1. The van der Waals surface area contributed by atoms with Gasteiger partial charge in [0, 0.05) is 38.1 Å². The third kappa shape index (κ3) is 4.28. The van der Waals surface area contributed by atoms with Crippen molar-refractivity contribution in [2.45, 2.75) is 19.4 Å². The summed E-state index contributed by atoms with van der Waals surface area (Å²) < 4.78 is 1.69. The SMILES string of the molecule is Cc1cc(NC(=O)CN(C)C[C@@H]2CCN(C)[C@H]2c2cccnc2)n(C)n1. The van der Waals surface area contributed by atoms with Crippen molar-refractivity contribution >= 4 is 11.7 Å². The lowest BCUT2D eigenvalue weighted by Crippen LogP contribution is -2.35. The number of anilines is 1. The number of hydrogen-bond acceptors (Lipinski definition) is 5. The van der Waals surface area contributed by atoms with Gasteiger partial charge in [0.1, 0.15) is 5.82 Å². The van der Waals surface area contributed by atoms with Crippen molar-refractivity contribution in [1.82, 2.24) is 24.6 Å². The fourth-order valence-corrected chi connectivity index (χ4v) is 3.92. The molecule has 0 spiro atoms. The van der Waals surface area contributed by atoms with Gasteiger partial charge in [-0.2, -0.15) is 5.10 Å². The maximum atomic E-state index is 12.4. The van der Waals surface area contributed by atoms with Crippen LogP contribution >= 0.6 is 0 Å². The lowest BCUT2D eigenvalue weighted by molar-refractivity contribution is -0.117. The van der Waals surface area contributed by atoms with Crippen molar-refractivity contribution in [3.05, 3.63) is 41.9 Å². The maximum absolute atomic E-state index is 12.4.